The van der Waals surface area contributed by atoms with Crippen molar-refractivity contribution in [1.82, 2.24) is 0 Å². The SMILES string of the molecule is C/C1=C/CCCCCCC1. The van der Waals surface area contributed by atoms with E-state index < -0.39 is 0 Å². The van der Waals surface area contributed by atoms with Gasteiger partial charge in [-0.3, -0.25) is 0 Å². The van der Waals surface area contributed by atoms with Crippen molar-refractivity contribution in [2.45, 2.75) is 51.9 Å². The molecule has 1 aliphatic carbocycles. The summed E-state index contributed by atoms with van der Waals surface area (Å²) in [6.07, 6.45) is 12.3. The van der Waals surface area contributed by atoms with E-state index in [9.17, 15) is 0 Å². The molecule has 0 fully saturated rings. The van der Waals surface area contributed by atoms with E-state index in [-0.39, 0.29) is 0 Å². The van der Waals surface area contributed by atoms with Gasteiger partial charge in [-0.1, -0.05) is 30.9 Å². The van der Waals surface area contributed by atoms with Crippen molar-refractivity contribution in [2.24, 2.45) is 0 Å². The molecule has 0 saturated carbocycles. The van der Waals surface area contributed by atoms with Crippen molar-refractivity contribution in [3.05, 3.63) is 11.6 Å². The van der Waals surface area contributed by atoms with E-state index >= 15 is 0 Å². The second-order valence-electron chi connectivity index (χ2n) is 3.36. The molecular weight excluding hydrogens is 120 g/mol. The second kappa shape index (κ2) is 4.54. The average molecular weight is 138 g/mol. The van der Waals surface area contributed by atoms with Crippen molar-refractivity contribution in [1.29, 1.82) is 0 Å². The van der Waals surface area contributed by atoms with E-state index in [0.29, 0.717) is 0 Å². The maximum absolute atomic E-state index is 2.42. The van der Waals surface area contributed by atoms with Crippen molar-refractivity contribution < 1.29 is 0 Å². The Morgan fingerprint density at radius 3 is 2.60 bits per heavy atom. The molecule has 0 bridgehead atoms. The zero-order valence-electron chi connectivity index (χ0n) is 7.03. The maximum atomic E-state index is 2.42. The molecule has 0 aromatic heterocycles. The predicted octanol–water partition coefficient (Wildman–Crippen LogP) is 3.68. The highest BCUT2D eigenvalue weighted by atomic mass is 14.0. The van der Waals surface area contributed by atoms with Gasteiger partial charge in [0.05, 0.1) is 0 Å². The van der Waals surface area contributed by atoms with E-state index in [1.807, 2.05) is 0 Å². The van der Waals surface area contributed by atoms with E-state index in [1.165, 1.54) is 44.9 Å². The fraction of sp³-hybridized carbons (Fsp3) is 0.800. The van der Waals surface area contributed by atoms with Gasteiger partial charge in [0.1, 0.15) is 0 Å². The number of rotatable bonds is 0. The van der Waals surface area contributed by atoms with Crippen LogP contribution in [-0.4, -0.2) is 0 Å². The molecule has 1 rings (SSSR count). The van der Waals surface area contributed by atoms with Gasteiger partial charge in [-0.15, -0.1) is 0 Å². The van der Waals surface area contributed by atoms with Gasteiger partial charge in [0.2, 0.25) is 0 Å². The Morgan fingerprint density at radius 2 is 1.70 bits per heavy atom. The number of hydrogen-bond donors (Lipinski definition) is 0. The van der Waals surface area contributed by atoms with Gasteiger partial charge in [-0.2, -0.15) is 0 Å². The lowest BCUT2D eigenvalue weighted by atomic mass is 10.1. The first kappa shape index (κ1) is 7.84. The Hall–Kier alpha value is -0.260. The molecule has 0 aromatic rings. The summed E-state index contributed by atoms with van der Waals surface area (Å²) in [5.74, 6) is 0. The maximum Gasteiger partial charge on any atom is -0.0323 e. The molecule has 0 unspecified atom stereocenters. The third-order valence-corrected chi connectivity index (χ3v) is 2.27. The monoisotopic (exact) mass is 138 g/mol. The van der Waals surface area contributed by atoms with E-state index in [0.717, 1.165) is 0 Å². The topological polar surface area (TPSA) is 0 Å². The average Bonchev–Trinajstić information content (AvgIpc) is 2.02. The summed E-state index contributed by atoms with van der Waals surface area (Å²) in [4.78, 5) is 0. The Morgan fingerprint density at radius 1 is 1.00 bits per heavy atom. The van der Waals surface area contributed by atoms with Crippen LogP contribution in [0.1, 0.15) is 51.9 Å². The molecule has 0 heterocycles. The third kappa shape index (κ3) is 3.05. The molecule has 0 aromatic carbocycles. The molecule has 1 aliphatic rings. The van der Waals surface area contributed by atoms with Crippen LogP contribution in [-0.2, 0) is 0 Å². The van der Waals surface area contributed by atoms with Gasteiger partial charge >= 0.3 is 0 Å². The molecule has 10 heavy (non-hydrogen) atoms. The summed E-state index contributed by atoms with van der Waals surface area (Å²) in [5, 5.41) is 0. The Labute approximate surface area is 64.3 Å². The van der Waals surface area contributed by atoms with Gasteiger partial charge in [-0.25, -0.2) is 0 Å². The van der Waals surface area contributed by atoms with Crippen molar-refractivity contribution in [3.8, 4) is 0 Å². The Bertz CT molecular complexity index is 111. The quantitative estimate of drug-likeness (QED) is 0.448. The fourth-order valence-electron chi connectivity index (χ4n) is 1.53. The molecule has 58 valence electrons. The first-order valence-corrected chi connectivity index (χ1v) is 4.55. The zero-order chi connectivity index (χ0) is 7.23. The molecule has 0 atom stereocenters. The lowest BCUT2D eigenvalue weighted by Crippen LogP contribution is -1.76. The summed E-state index contributed by atoms with van der Waals surface area (Å²) >= 11 is 0. The highest BCUT2D eigenvalue weighted by Crippen LogP contribution is 2.15. The molecular formula is C10H18. The standard InChI is InChI=1S/C10H18/c1-10-8-6-4-2-3-5-7-9-10/h8H,2-7,9H2,1H3/b10-8-. The minimum atomic E-state index is 1.33. The molecule has 0 N–H and O–H groups in total. The summed E-state index contributed by atoms with van der Waals surface area (Å²) in [6, 6.07) is 0. The van der Waals surface area contributed by atoms with Crippen LogP contribution in [0.25, 0.3) is 0 Å². The number of allylic oxidation sites excluding steroid dienone is 2. The molecule has 0 radical (unpaired) electrons. The summed E-state index contributed by atoms with van der Waals surface area (Å²) < 4.78 is 0. The molecule has 0 amide bonds. The van der Waals surface area contributed by atoms with Crippen LogP contribution < -0.4 is 0 Å². The second-order valence-corrected chi connectivity index (χ2v) is 3.36. The van der Waals surface area contributed by atoms with Gasteiger partial charge < -0.3 is 0 Å². The van der Waals surface area contributed by atoms with E-state index in [1.54, 1.807) is 5.57 Å². The van der Waals surface area contributed by atoms with Crippen molar-refractivity contribution >= 4 is 0 Å². The minimum Gasteiger partial charge on any atom is -0.0856 e. The van der Waals surface area contributed by atoms with E-state index in [2.05, 4.69) is 13.0 Å². The summed E-state index contributed by atoms with van der Waals surface area (Å²) in [6.45, 7) is 2.27. The highest BCUT2D eigenvalue weighted by Gasteiger charge is 1.95. The Kier molecular flexibility index (Phi) is 3.56. The summed E-state index contributed by atoms with van der Waals surface area (Å²) in [7, 11) is 0. The van der Waals surface area contributed by atoms with Crippen molar-refractivity contribution in [2.75, 3.05) is 0 Å². The normalized spacial score (nSPS) is 27.5. The first-order chi connectivity index (χ1) is 4.89. The van der Waals surface area contributed by atoms with Crippen LogP contribution in [0.2, 0.25) is 0 Å². The molecule has 0 aliphatic heterocycles. The van der Waals surface area contributed by atoms with Crippen LogP contribution in [0.15, 0.2) is 11.6 Å². The molecule has 0 nitrogen and oxygen atoms in total. The minimum absolute atomic E-state index is 1.33. The molecule has 0 spiro atoms. The van der Waals surface area contributed by atoms with Crippen LogP contribution in [0.3, 0.4) is 0 Å². The van der Waals surface area contributed by atoms with Crippen LogP contribution in [0.4, 0.5) is 0 Å². The van der Waals surface area contributed by atoms with Gasteiger partial charge in [0, 0.05) is 0 Å². The zero-order valence-corrected chi connectivity index (χ0v) is 7.03. The number of hydrogen-bond acceptors (Lipinski definition) is 0. The van der Waals surface area contributed by atoms with Crippen LogP contribution >= 0.6 is 0 Å². The van der Waals surface area contributed by atoms with Gasteiger partial charge in [-0.05, 0) is 32.6 Å². The largest absolute Gasteiger partial charge is 0.0856 e. The summed E-state index contributed by atoms with van der Waals surface area (Å²) in [5.41, 5.74) is 1.61. The van der Waals surface area contributed by atoms with Crippen LogP contribution in [0, 0.1) is 0 Å². The smallest absolute Gasteiger partial charge is 0.0323 e. The lowest BCUT2D eigenvalue weighted by molar-refractivity contribution is 0.629. The van der Waals surface area contributed by atoms with Crippen molar-refractivity contribution in [3.63, 3.8) is 0 Å². The van der Waals surface area contributed by atoms with Crippen LogP contribution in [0.5, 0.6) is 0 Å². The molecule has 0 heteroatoms. The molecule has 0 saturated heterocycles. The Balaban J connectivity index is 2.29. The third-order valence-electron chi connectivity index (χ3n) is 2.27. The fourth-order valence-corrected chi connectivity index (χ4v) is 1.53. The van der Waals surface area contributed by atoms with Gasteiger partial charge in [0.25, 0.3) is 0 Å². The first-order valence-electron chi connectivity index (χ1n) is 4.55. The predicted molar refractivity (Wildman–Crippen MR) is 46.1 cm³/mol. The lowest BCUT2D eigenvalue weighted by Gasteiger charge is -1.96. The van der Waals surface area contributed by atoms with Gasteiger partial charge in [0.15, 0.2) is 0 Å². The van der Waals surface area contributed by atoms with E-state index in [4.69, 9.17) is 0 Å². The highest BCUT2D eigenvalue weighted by molar-refractivity contribution is 4.97.